The van der Waals surface area contributed by atoms with E-state index in [0.29, 0.717) is 17.3 Å². The van der Waals surface area contributed by atoms with Crippen LogP contribution in [0.2, 0.25) is 0 Å². The number of alkyl halides is 1. The predicted molar refractivity (Wildman–Crippen MR) is 77.1 cm³/mol. The number of ether oxygens (including phenoxy) is 1. The van der Waals surface area contributed by atoms with E-state index in [1.54, 1.807) is 29.9 Å². The highest BCUT2D eigenvalue weighted by Crippen LogP contribution is 2.27. The van der Waals surface area contributed by atoms with Crippen LogP contribution in [0.15, 0.2) is 42.5 Å². The van der Waals surface area contributed by atoms with E-state index in [4.69, 9.17) is 16.3 Å². The van der Waals surface area contributed by atoms with Crippen LogP contribution in [0.4, 0.5) is 4.39 Å². The highest BCUT2D eigenvalue weighted by molar-refractivity contribution is 6.17. The van der Waals surface area contributed by atoms with Crippen molar-refractivity contribution in [2.45, 2.75) is 5.88 Å². The van der Waals surface area contributed by atoms with E-state index in [9.17, 15) is 4.39 Å². The van der Waals surface area contributed by atoms with E-state index >= 15 is 0 Å². The first-order valence-electron chi connectivity index (χ1n) is 6.11. The van der Waals surface area contributed by atoms with Crippen molar-refractivity contribution in [1.82, 2.24) is 9.55 Å². The fraction of sp³-hybridized carbons (Fsp3) is 0.133. The van der Waals surface area contributed by atoms with Gasteiger partial charge >= 0.3 is 0 Å². The Hall–Kier alpha value is -2.07. The molecule has 0 fully saturated rings. The molecule has 0 saturated carbocycles. The Balaban J connectivity index is 2.35. The number of fused-ring (bicyclic) bond motifs is 1. The first-order chi connectivity index (χ1) is 9.74. The number of hydrogen-bond donors (Lipinski definition) is 0. The van der Waals surface area contributed by atoms with E-state index in [1.165, 1.54) is 6.07 Å². The number of nitrogens with zero attached hydrogens (tertiary/aromatic N) is 2. The van der Waals surface area contributed by atoms with Crippen molar-refractivity contribution in [3.8, 4) is 11.4 Å². The summed E-state index contributed by atoms with van der Waals surface area (Å²) in [5, 5.41) is 0. The molecule has 3 nitrogen and oxygen atoms in total. The molecule has 3 aromatic rings. The number of halogens is 2. The Morgan fingerprint density at radius 1 is 1.25 bits per heavy atom. The van der Waals surface area contributed by atoms with Gasteiger partial charge in [-0.25, -0.2) is 9.37 Å². The van der Waals surface area contributed by atoms with Crippen LogP contribution in [0.25, 0.3) is 16.7 Å². The molecule has 0 atom stereocenters. The van der Waals surface area contributed by atoms with Crippen LogP contribution in [-0.2, 0) is 5.88 Å². The summed E-state index contributed by atoms with van der Waals surface area (Å²) in [4.78, 5) is 4.43. The van der Waals surface area contributed by atoms with Crippen molar-refractivity contribution >= 4 is 22.6 Å². The molecule has 0 aliphatic rings. The van der Waals surface area contributed by atoms with Crippen LogP contribution < -0.4 is 4.74 Å². The first kappa shape index (κ1) is 12.9. The van der Waals surface area contributed by atoms with Crippen LogP contribution >= 0.6 is 11.6 Å². The Labute approximate surface area is 120 Å². The van der Waals surface area contributed by atoms with Gasteiger partial charge in [0, 0.05) is 6.07 Å². The number of benzene rings is 2. The minimum absolute atomic E-state index is 0.200. The monoisotopic (exact) mass is 290 g/mol. The van der Waals surface area contributed by atoms with E-state index in [1.807, 2.05) is 18.2 Å². The molecule has 1 heterocycles. The number of rotatable bonds is 3. The van der Waals surface area contributed by atoms with Gasteiger partial charge in [0.25, 0.3) is 0 Å². The van der Waals surface area contributed by atoms with Crippen molar-refractivity contribution in [3.63, 3.8) is 0 Å². The highest BCUT2D eigenvalue weighted by Gasteiger charge is 2.15. The largest absolute Gasteiger partial charge is 0.497 e. The van der Waals surface area contributed by atoms with Crippen LogP contribution in [0, 0.1) is 5.82 Å². The molecule has 20 heavy (non-hydrogen) atoms. The smallest absolute Gasteiger partial charge is 0.147 e. The molecule has 5 heteroatoms. The lowest BCUT2D eigenvalue weighted by atomic mass is 10.2. The van der Waals surface area contributed by atoms with Crippen molar-refractivity contribution in [2.75, 3.05) is 7.11 Å². The lowest BCUT2D eigenvalue weighted by molar-refractivity contribution is 0.415. The topological polar surface area (TPSA) is 27.1 Å². The minimum atomic E-state index is -0.319. The molecule has 2 aromatic carbocycles. The molecule has 0 amide bonds. The summed E-state index contributed by atoms with van der Waals surface area (Å²) in [5.41, 5.74) is 1.95. The molecule has 0 radical (unpaired) electrons. The van der Waals surface area contributed by atoms with Crippen molar-refractivity contribution in [3.05, 3.63) is 54.1 Å². The van der Waals surface area contributed by atoms with Crippen LogP contribution in [-0.4, -0.2) is 16.7 Å². The SMILES string of the molecule is COc1ccc2nc(CCl)n(-c3ccccc3F)c2c1. The van der Waals surface area contributed by atoms with Crippen molar-refractivity contribution in [1.29, 1.82) is 0 Å². The molecule has 3 rings (SSSR count). The molecular formula is C15H12ClFN2O. The van der Waals surface area contributed by atoms with Crippen LogP contribution in [0.5, 0.6) is 5.75 Å². The minimum Gasteiger partial charge on any atom is -0.497 e. The molecule has 1 aromatic heterocycles. The third-order valence-electron chi connectivity index (χ3n) is 3.14. The molecule has 0 aliphatic carbocycles. The summed E-state index contributed by atoms with van der Waals surface area (Å²) >= 11 is 5.94. The van der Waals surface area contributed by atoms with Gasteiger partial charge in [-0.05, 0) is 24.3 Å². The summed E-state index contributed by atoms with van der Waals surface area (Å²) in [6.07, 6.45) is 0. The van der Waals surface area contributed by atoms with Gasteiger partial charge in [-0.3, -0.25) is 4.57 Å². The van der Waals surface area contributed by atoms with Gasteiger partial charge in [0.1, 0.15) is 17.4 Å². The number of aromatic nitrogens is 2. The second kappa shape index (κ2) is 5.13. The second-order valence-electron chi connectivity index (χ2n) is 4.30. The van der Waals surface area contributed by atoms with Crippen molar-refractivity contribution < 1.29 is 9.13 Å². The molecule has 0 spiro atoms. The average molecular weight is 291 g/mol. The highest BCUT2D eigenvalue weighted by atomic mass is 35.5. The van der Waals surface area contributed by atoms with Crippen molar-refractivity contribution in [2.24, 2.45) is 0 Å². The fourth-order valence-corrected chi connectivity index (χ4v) is 2.40. The first-order valence-corrected chi connectivity index (χ1v) is 6.64. The quantitative estimate of drug-likeness (QED) is 0.684. The normalized spacial score (nSPS) is 10.9. The zero-order valence-corrected chi connectivity index (χ0v) is 11.6. The van der Waals surface area contributed by atoms with Crippen LogP contribution in [0.1, 0.15) is 5.82 Å². The Morgan fingerprint density at radius 2 is 2.05 bits per heavy atom. The standard InChI is InChI=1S/C15H12ClFN2O/c1-20-10-6-7-12-14(8-10)19(15(9-16)18-12)13-5-3-2-4-11(13)17/h2-8H,9H2,1H3. The summed E-state index contributed by atoms with van der Waals surface area (Å²) in [5.74, 6) is 1.17. The summed E-state index contributed by atoms with van der Waals surface area (Å²) in [7, 11) is 1.59. The molecule has 0 N–H and O–H groups in total. The average Bonchev–Trinajstić information content (AvgIpc) is 2.85. The van der Waals surface area contributed by atoms with Crippen LogP contribution in [0.3, 0.4) is 0 Å². The Bertz CT molecular complexity index is 770. The maximum Gasteiger partial charge on any atom is 0.147 e. The summed E-state index contributed by atoms with van der Waals surface area (Å²) < 4.78 is 21.0. The Kier molecular flexibility index (Phi) is 3.32. The molecule has 0 unspecified atom stereocenters. The third-order valence-corrected chi connectivity index (χ3v) is 3.38. The van der Waals surface area contributed by atoms with E-state index in [0.717, 1.165) is 11.0 Å². The van der Waals surface area contributed by atoms with Gasteiger partial charge in [0.2, 0.25) is 0 Å². The van der Waals surface area contributed by atoms with E-state index in [-0.39, 0.29) is 11.7 Å². The number of imidazole rings is 1. The predicted octanol–water partition coefficient (Wildman–Crippen LogP) is 3.91. The number of methoxy groups -OCH3 is 1. The lowest BCUT2D eigenvalue weighted by Gasteiger charge is -2.09. The van der Waals surface area contributed by atoms with Gasteiger partial charge in [-0.1, -0.05) is 12.1 Å². The maximum atomic E-state index is 14.1. The Morgan fingerprint density at radius 3 is 2.75 bits per heavy atom. The van der Waals surface area contributed by atoms with Gasteiger partial charge in [-0.2, -0.15) is 0 Å². The summed E-state index contributed by atoms with van der Waals surface area (Å²) in [6, 6.07) is 12.0. The third kappa shape index (κ3) is 2.02. The zero-order chi connectivity index (χ0) is 14.1. The molecule has 102 valence electrons. The number of hydrogen-bond acceptors (Lipinski definition) is 2. The maximum absolute atomic E-state index is 14.1. The van der Waals surface area contributed by atoms with Gasteiger partial charge in [-0.15, -0.1) is 11.6 Å². The summed E-state index contributed by atoms with van der Waals surface area (Å²) in [6.45, 7) is 0. The van der Waals surface area contributed by atoms with E-state index in [2.05, 4.69) is 4.98 Å². The lowest BCUT2D eigenvalue weighted by Crippen LogP contribution is -2.01. The number of para-hydroxylation sites is 1. The second-order valence-corrected chi connectivity index (χ2v) is 4.57. The molecular weight excluding hydrogens is 279 g/mol. The van der Waals surface area contributed by atoms with Gasteiger partial charge in [0.15, 0.2) is 0 Å². The van der Waals surface area contributed by atoms with E-state index < -0.39 is 0 Å². The van der Waals surface area contributed by atoms with Gasteiger partial charge in [0.05, 0.1) is 29.7 Å². The zero-order valence-electron chi connectivity index (χ0n) is 10.8. The molecule has 0 bridgehead atoms. The fourth-order valence-electron chi connectivity index (χ4n) is 2.22. The van der Waals surface area contributed by atoms with Gasteiger partial charge < -0.3 is 4.74 Å². The molecule has 0 saturated heterocycles. The molecule has 0 aliphatic heterocycles.